The molecule has 0 spiro atoms. The zero-order valence-corrected chi connectivity index (χ0v) is 17.3. The maximum Gasteiger partial charge on any atom is 0.333 e. The SMILES string of the molecule is C=C(C)C(=O)OCCN(C)c1ccc2nc(-c3ccc(C=C(C#N)C#N)cc3)oc2c1. The molecular formula is C24H20N4O3. The van der Waals surface area contributed by atoms with Crippen LogP contribution in [0.2, 0.25) is 0 Å². The Kier molecular flexibility index (Phi) is 6.49. The Labute approximate surface area is 180 Å². The number of ether oxygens (including phenoxy) is 1. The number of carbonyl (C=O) groups is 1. The second-order valence-corrected chi connectivity index (χ2v) is 6.91. The van der Waals surface area contributed by atoms with E-state index in [-0.39, 0.29) is 12.2 Å². The number of likely N-dealkylation sites (N-methyl/N-ethyl adjacent to an activating group) is 1. The van der Waals surface area contributed by atoms with Crippen LogP contribution in [0.25, 0.3) is 28.6 Å². The first-order valence-electron chi connectivity index (χ1n) is 9.48. The average Bonchev–Trinajstić information content (AvgIpc) is 3.21. The molecule has 0 saturated heterocycles. The number of oxazole rings is 1. The van der Waals surface area contributed by atoms with Gasteiger partial charge in [-0.25, -0.2) is 9.78 Å². The Bertz CT molecular complexity index is 1220. The third-order valence-electron chi connectivity index (χ3n) is 4.53. The van der Waals surface area contributed by atoms with Crippen LogP contribution >= 0.6 is 0 Å². The zero-order chi connectivity index (χ0) is 22.4. The van der Waals surface area contributed by atoms with E-state index in [1.54, 1.807) is 19.1 Å². The smallest absolute Gasteiger partial charge is 0.333 e. The summed E-state index contributed by atoms with van der Waals surface area (Å²) in [4.78, 5) is 18.0. The monoisotopic (exact) mass is 412 g/mol. The van der Waals surface area contributed by atoms with E-state index in [9.17, 15) is 4.79 Å². The molecule has 7 heteroatoms. The topological polar surface area (TPSA) is 103 Å². The lowest BCUT2D eigenvalue weighted by Gasteiger charge is -2.18. The van der Waals surface area contributed by atoms with Gasteiger partial charge in [0.1, 0.15) is 29.8 Å². The van der Waals surface area contributed by atoms with Crippen LogP contribution in [-0.2, 0) is 9.53 Å². The quantitative estimate of drug-likeness (QED) is 0.320. The Morgan fingerprint density at radius 1 is 1.23 bits per heavy atom. The summed E-state index contributed by atoms with van der Waals surface area (Å²) in [6, 6.07) is 16.6. The molecule has 0 amide bonds. The van der Waals surface area contributed by atoms with E-state index in [1.807, 2.05) is 54.4 Å². The molecule has 1 aromatic heterocycles. The normalized spacial score (nSPS) is 10.1. The minimum atomic E-state index is -0.401. The van der Waals surface area contributed by atoms with Crippen molar-refractivity contribution < 1.29 is 13.9 Å². The molecular weight excluding hydrogens is 392 g/mol. The van der Waals surface area contributed by atoms with Crippen LogP contribution in [0.15, 0.2) is 64.6 Å². The zero-order valence-electron chi connectivity index (χ0n) is 17.3. The van der Waals surface area contributed by atoms with Crippen LogP contribution in [0.3, 0.4) is 0 Å². The third-order valence-corrected chi connectivity index (χ3v) is 4.53. The van der Waals surface area contributed by atoms with Gasteiger partial charge in [-0.05, 0) is 42.8 Å². The van der Waals surface area contributed by atoms with Crippen LogP contribution in [0.5, 0.6) is 0 Å². The second-order valence-electron chi connectivity index (χ2n) is 6.91. The number of hydrogen-bond acceptors (Lipinski definition) is 7. The van der Waals surface area contributed by atoms with Gasteiger partial charge in [0.15, 0.2) is 5.58 Å². The average molecular weight is 412 g/mol. The summed E-state index contributed by atoms with van der Waals surface area (Å²) in [6.07, 6.45) is 1.52. The number of allylic oxidation sites excluding steroid dienone is 1. The predicted octanol–water partition coefficient (Wildman–Crippen LogP) is 4.48. The standard InChI is InChI=1S/C24H20N4O3/c1-16(2)24(29)30-11-10-28(3)20-8-9-21-22(13-20)31-23(27-21)19-6-4-17(5-7-19)12-18(14-25)15-26/h4-9,12-13H,1,10-11H2,2-3H3. The summed E-state index contributed by atoms with van der Waals surface area (Å²) in [5.74, 6) is 0.0724. The Morgan fingerprint density at radius 3 is 2.58 bits per heavy atom. The molecule has 0 aliphatic carbocycles. The molecule has 0 aliphatic rings. The van der Waals surface area contributed by atoms with Crippen LogP contribution in [0.4, 0.5) is 5.69 Å². The number of rotatable bonds is 7. The third kappa shape index (κ3) is 5.17. The van der Waals surface area contributed by atoms with E-state index in [2.05, 4.69) is 11.6 Å². The van der Waals surface area contributed by atoms with Gasteiger partial charge in [-0.1, -0.05) is 18.7 Å². The fourth-order valence-electron chi connectivity index (χ4n) is 2.78. The lowest BCUT2D eigenvalue weighted by molar-refractivity contribution is -0.138. The molecule has 0 fully saturated rings. The lowest BCUT2D eigenvalue weighted by atomic mass is 10.1. The molecule has 0 unspecified atom stereocenters. The number of carbonyl (C=O) groups excluding carboxylic acids is 1. The second kappa shape index (κ2) is 9.43. The van der Waals surface area contributed by atoms with Gasteiger partial charge in [-0.15, -0.1) is 0 Å². The highest BCUT2D eigenvalue weighted by atomic mass is 16.5. The summed E-state index contributed by atoms with van der Waals surface area (Å²) < 4.78 is 11.1. The minimum Gasteiger partial charge on any atom is -0.460 e. The van der Waals surface area contributed by atoms with E-state index in [1.165, 1.54) is 6.08 Å². The van der Waals surface area contributed by atoms with Crippen molar-refractivity contribution >= 4 is 28.8 Å². The van der Waals surface area contributed by atoms with Gasteiger partial charge >= 0.3 is 5.97 Å². The number of hydrogen-bond donors (Lipinski definition) is 0. The highest BCUT2D eigenvalue weighted by Gasteiger charge is 2.11. The largest absolute Gasteiger partial charge is 0.460 e. The highest BCUT2D eigenvalue weighted by molar-refractivity contribution is 5.87. The van der Waals surface area contributed by atoms with Gasteiger partial charge in [0.2, 0.25) is 5.89 Å². The van der Waals surface area contributed by atoms with E-state index in [0.717, 1.165) is 22.3 Å². The van der Waals surface area contributed by atoms with Crippen molar-refractivity contribution in [1.29, 1.82) is 10.5 Å². The van der Waals surface area contributed by atoms with Crippen molar-refractivity contribution in [2.24, 2.45) is 0 Å². The molecule has 154 valence electrons. The van der Waals surface area contributed by atoms with Gasteiger partial charge in [-0.3, -0.25) is 0 Å². The first-order chi connectivity index (χ1) is 14.9. The van der Waals surface area contributed by atoms with E-state index < -0.39 is 5.97 Å². The van der Waals surface area contributed by atoms with Crippen molar-refractivity contribution in [2.75, 3.05) is 25.1 Å². The van der Waals surface area contributed by atoms with Crippen molar-refractivity contribution in [3.05, 3.63) is 65.8 Å². The number of nitriles is 2. The molecule has 0 N–H and O–H groups in total. The molecule has 0 atom stereocenters. The van der Waals surface area contributed by atoms with E-state index >= 15 is 0 Å². The highest BCUT2D eigenvalue weighted by Crippen LogP contribution is 2.27. The first kappa shape index (κ1) is 21.4. The molecule has 7 nitrogen and oxygen atoms in total. The number of nitrogens with zero attached hydrogens (tertiary/aromatic N) is 4. The van der Waals surface area contributed by atoms with Crippen LogP contribution in [-0.4, -0.2) is 31.2 Å². The summed E-state index contributed by atoms with van der Waals surface area (Å²) in [5, 5.41) is 17.7. The van der Waals surface area contributed by atoms with Crippen molar-refractivity contribution in [1.82, 2.24) is 4.98 Å². The number of fused-ring (bicyclic) bond motifs is 1. The van der Waals surface area contributed by atoms with Gasteiger partial charge in [0.05, 0.1) is 6.54 Å². The van der Waals surface area contributed by atoms with E-state index in [4.69, 9.17) is 19.7 Å². The molecule has 31 heavy (non-hydrogen) atoms. The van der Waals surface area contributed by atoms with Crippen molar-refractivity contribution in [3.63, 3.8) is 0 Å². The first-order valence-corrected chi connectivity index (χ1v) is 9.48. The number of benzene rings is 2. The Balaban J connectivity index is 1.74. The number of esters is 1. The molecule has 0 saturated carbocycles. The van der Waals surface area contributed by atoms with Gasteiger partial charge in [0, 0.05) is 29.9 Å². The predicted molar refractivity (Wildman–Crippen MR) is 118 cm³/mol. The van der Waals surface area contributed by atoms with Gasteiger partial charge < -0.3 is 14.1 Å². The van der Waals surface area contributed by atoms with E-state index in [0.29, 0.717) is 23.6 Å². The van der Waals surface area contributed by atoms with Crippen molar-refractivity contribution in [2.45, 2.75) is 6.92 Å². The maximum absolute atomic E-state index is 11.5. The lowest BCUT2D eigenvalue weighted by Crippen LogP contribution is -2.23. The summed E-state index contributed by atoms with van der Waals surface area (Å²) in [6.45, 7) is 5.95. The van der Waals surface area contributed by atoms with Crippen LogP contribution in [0.1, 0.15) is 12.5 Å². The van der Waals surface area contributed by atoms with Crippen LogP contribution < -0.4 is 4.90 Å². The molecule has 1 heterocycles. The summed E-state index contributed by atoms with van der Waals surface area (Å²) in [5.41, 5.74) is 4.21. The number of aromatic nitrogens is 1. The molecule has 0 bridgehead atoms. The molecule has 2 aromatic carbocycles. The Morgan fingerprint density at radius 2 is 1.94 bits per heavy atom. The molecule has 0 aliphatic heterocycles. The molecule has 0 radical (unpaired) electrons. The van der Waals surface area contributed by atoms with Gasteiger partial charge in [0.25, 0.3) is 0 Å². The fraction of sp³-hybridized carbons (Fsp3) is 0.167. The van der Waals surface area contributed by atoms with Crippen molar-refractivity contribution in [3.8, 4) is 23.6 Å². The maximum atomic E-state index is 11.5. The van der Waals surface area contributed by atoms with Crippen LogP contribution in [0, 0.1) is 22.7 Å². The molecule has 3 rings (SSSR count). The minimum absolute atomic E-state index is 0.0423. The summed E-state index contributed by atoms with van der Waals surface area (Å²) >= 11 is 0. The molecule has 3 aromatic rings. The fourth-order valence-corrected chi connectivity index (χ4v) is 2.78. The van der Waals surface area contributed by atoms with Gasteiger partial charge in [-0.2, -0.15) is 10.5 Å². The summed E-state index contributed by atoms with van der Waals surface area (Å²) in [7, 11) is 1.90. The Hall–Kier alpha value is -4.36. The number of anilines is 1.